The van der Waals surface area contributed by atoms with Crippen molar-refractivity contribution in [3.05, 3.63) is 57.6 Å². The predicted molar refractivity (Wildman–Crippen MR) is 111 cm³/mol. The van der Waals surface area contributed by atoms with E-state index in [1.165, 1.54) is 14.0 Å². The molecule has 150 valence electrons. The van der Waals surface area contributed by atoms with E-state index in [1.807, 2.05) is 0 Å². The molecule has 0 saturated heterocycles. The minimum absolute atomic E-state index is 0.0420. The number of amides is 1. The van der Waals surface area contributed by atoms with Gasteiger partial charge in [0.05, 0.1) is 13.7 Å². The van der Waals surface area contributed by atoms with Crippen molar-refractivity contribution in [1.82, 2.24) is 5.32 Å². The summed E-state index contributed by atoms with van der Waals surface area (Å²) in [6, 6.07) is 10.4. The molecule has 2 aromatic carbocycles. The van der Waals surface area contributed by atoms with Crippen LogP contribution in [0.15, 0.2) is 36.4 Å². The minimum Gasteiger partial charge on any atom is -0.493 e. The highest BCUT2D eigenvalue weighted by atomic mass is 35.5. The zero-order valence-electron chi connectivity index (χ0n) is 15.9. The Hall–Kier alpha value is -2.24. The molecular formula is C21H23Cl2NO4. The third kappa shape index (κ3) is 6.43. The summed E-state index contributed by atoms with van der Waals surface area (Å²) in [5.74, 6) is 0.931. The Morgan fingerprint density at radius 2 is 1.79 bits per heavy atom. The Labute approximate surface area is 174 Å². The SMILES string of the molecule is COc1cc(C(C)=O)ccc1OCCCC(=O)NCCc1c(Cl)cccc1Cl. The van der Waals surface area contributed by atoms with Crippen LogP contribution in [0, 0.1) is 0 Å². The van der Waals surface area contributed by atoms with E-state index in [4.69, 9.17) is 32.7 Å². The topological polar surface area (TPSA) is 64.6 Å². The lowest BCUT2D eigenvalue weighted by Gasteiger charge is -2.12. The van der Waals surface area contributed by atoms with E-state index in [9.17, 15) is 9.59 Å². The number of halogens is 2. The lowest BCUT2D eigenvalue weighted by atomic mass is 10.1. The maximum absolute atomic E-state index is 12.0. The van der Waals surface area contributed by atoms with Gasteiger partial charge in [-0.25, -0.2) is 0 Å². The van der Waals surface area contributed by atoms with Gasteiger partial charge in [-0.2, -0.15) is 0 Å². The van der Waals surface area contributed by atoms with Gasteiger partial charge in [0.2, 0.25) is 5.91 Å². The van der Waals surface area contributed by atoms with Crippen LogP contribution in [-0.4, -0.2) is 32.0 Å². The first-order chi connectivity index (χ1) is 13.4. The van der Waals surface area contributed by atoms with Crippen molar-refractivity contribution < 1.29 is 19.1 Å². The molecule has 0 saturated carbocycles. The van der Waals surface area contributed by atoms with E-state index in [-0.39, 0.29) is 11.7 Å². The Kier molecular flexibility index (Phi) is 8.61. The van der Waals surface area contributed by atoms with Crippen molar-refractivity contribution in [2.24, 2.45) is 0 Å². The first-order valence-corrected chi connectivity index (χ1v) is 9.69. The van der Waals surface area contributed by atoms with Crippen LogP contribution in [0.2, 0.25) is 10.0 Å². The number of benzene rings is 2. The van der Waals surface area contributed by atoms with Crippen LogP contribution < -0.4 is 14.8 Å². The zero-order chi connectivity index (χ0) is 20.5. The zero-order valence-corrected chi connectivity index (χ0v) is 17.4. The third-order valence-electron chi connectivity index (χ3n) is 4.13. The number of nitrogens with one attached hydrogen (secondary N) is 1. The average Bonchev–Trinajstić information content (AvgIpc) is 2.67. The van der Waals surface area contributed by atoms with Gasteiger partial charge >= 0.3 is 0 Å². The van der Waals surface area contributed by atoms with Crippen molar-refractivity contribution in [2.75, 3.05) is 20.3 Å². The van der Waals surface area contributed by atoms with Crippen LogP contribution in [0.25, 0.3) is 0 Å². The van der Waals surface area contributed by atoms with Gasteiger partial charge in [-0.1, -0.05) is 29.3 Å². The second-order valence-electron chi connectivity index (χ2n) is 6.17. The summed E-state index contributed by atoms with van der Waals surface area (Å²) < 4.78 is 10.9. The van der Waals surface area contributed by atoms with E-state index in [2.05, 4.69) is 5.32 Å². The molecule has 2 aromatic rings. The molecule has 0 fully saturated rings. The fourth-order valence-corrected chi connectivity index (χ4v) is 3.19. The van der Waals surface area contributed by atoms with Gasteiger partial charge in [0.15, 0.2) is 17.3 Å². The summed E-state index contributed by atoms with van der Waals surface area (Å²) in [6.45, 7) is 2.32. The van der Waals surface area contributed by atoms with E-state index >= 15 is 0 Å². The van der Waals surface area contributed by atoms with Crippen LogP contribution in [-0.2, 0) is 11.2 Å². The highest BCUT2D eigenvalue weighted by Crippen LogP contribution is 2.28. The lowest BCUT2D eigenvalue weighted by molar-refractivity contribution is -0.121. The van der Waals surface area contributed by atoms with Crippen LogP contribution in [0.4, 0.5) is 0 Å². The van der Waals surface area contributed by atoms with Crippen molar-refractivity contribution in [2.45, 2.75) is 26.2 Å². The van der Waals surface area contributed by atoms with Gasteiger partial charge in [0, 0.05) is 28.6 Å². The van der Waals surface area contributed by atoms with Crippen LogP contribution in [0.3, 0.4) is 0 Å². The molecule has 5 nitrogen and oxygen atoms in total. The van der Waals surface area contributed by atoms with Gasteiger partial charge < -0.3 is 14.8 Å². The third-order valence-corrected chi connectivity index (χ3v) is 4.84. The number of Topliss-reactive ketones (excluding diaryl/α,β-unsaturated/α-hetero) is 1. The summed E-state index contributed by atoms with van der Waals surface area (Å²) in [7, 11) is 1.52. The lowest BCUT2D eigenvalue weighted by Crippen LogP contribution is -2.26. The molecule has 7 heteroatoms. The number of hydrogen-bond donors (Lipinski definition) is 1. The molecule has 28 heavy (non-hydrogen) atoms. The predicted octanol–water partition coefficient (Wildman–Crippen LogP) is 4.72. The molecule has 0 aliphatic carbocycles. The first kappa shape index (κ1) is 22.1. The Morgan fingerprint density at radius 3 is 2.43 bits per heavy atom. The first-order valence-electron chi connectivity index (χ1n) is 8.93. The van der Waals surface area contributed by atoms with Gasteiger partial charge in [-0.3, -0.25) is 9.59 Å². The second-order valence-corrected chi connectivity index (χ2v) is 6.99. The summed E-state index contributed by atoms with van der Waals surface area (Å²) in [6.07, 6.45) is 1.46. The smallest absolute Gasteiger partial charge is 0.220 e. The molecule has 0 aromatic heterocycles. The van der Waals surface area contributed by atoms with Gasteiger partial charge in [-0.05, 0) is 55.7 Å². The molecule has 1 amide bonds. The molecule has 1 N–H and O–H groups in total. The highest BCUT2D eigenvalue weighted by molar-refractivity contribution is 6.36. The van der Waals surface area contributed by atoms with Gasteiger partial charge in [-0.15, -0.1) is 0 Å². The van der Waals surface area contributed by atoms with Crippen molar-refractivity contribution >= 4 is 34.9 Å². The van der Waals surface area contributed by atoms with Crippen molar-refractivity contribution in [1.29, 1.82) is 0 Å². The number of hydrogen-bond acceptors (Lipinski definition) is 4. The largest absolute Gasteiger partial charge is 0.493 e. The molecule has 0 radical (unpaired) electrons. The number of ether oxygens (including phenoxy) is 2. The van der Waals surface area contributed by atoms with Crippen molar-refractivity contribution in [3.63, 3.8) is 0 Å². The fraction of sp³-hybridized carbons (Fsp3) is 0.333. The molecule has 0 atom stereocenters. The van der Waals surface area contributed by atoms with Gasteiger partial charge in [0.1, 0.15) is 0 Å². The van der Waals surface area contributed by atoms with E-state index in [1.54, 1.807) is 36.4 Å². The molecule has 0 bridgehead atoms. The van der Waals surface area contributed by atoms with E-state index in [0.29, 0.717) is 59.5 Å². The van der Waals surface area contributed by atoms with E-state index < -0.39 is 0 Å². The Balaban J connectivity index is 1.72. The average molecular weight is 424 g/mol. The van der Waals surface area contributed by atoms with Crippen LogP contribution in [0.5, 0.6) is 11.5 Å². The minimum atomic E-state index is -0.0642. The number of carbonyl (C=O) groups is 2. The maximum atomic E-state index is 12.0. The Bertz CT molecular complexity index is 819. The van der Waals surface area contributed by atoms with Crippen molar-refractivity contribution in [3.8, 4) is 11.5 Å². The molecular weight excluding hydrogens is 401 g/mol. The number of methoxy groups -OCH3 is 1. The second kappa shape index (κ2) is 10.9. The van der Waals surface area contributed by atoms with Crippen LogP contribution in [0.1, 0.15) is 35.7 Å². The molecule has 2 rings (SSSR count). The molecule has 0 unspecified atom stereocenters. The molecule has 0 aliphatic heterocycles. The number of carbonyl (C=O) groups excluding carboxylic acids is 2. The quantitative estimate of drug-likeness (QED) is 0.443. The van der Waals surface area contributed by atoms with Gasteiger partial charge in [0.25, 0.3) is 0 Å². The Morgan fingerprint density at radius 1 is 1.07 bits per heavy atom. The normalized spacial score (nSPS) is 10.4. The number of rotatable bonds is 10. The number of ketones is 1. The molecule has 0 spiro atoms. The summed E-state index contributed by atoms with van der Waals surface area (Å²) in [4.78, 5) is 23.4. The molecule has 0 aliphatic rings. The fourth-order valence-electron chi connectivity index (χ4n) is 2.61. The summed E-state index contributed by atoms with van der Waals surface area (Å²) in [5.41, 5.74) is 1.39. The maximum Gasteiger partial charge on any atom is 0.220 e. The summed E-state index contributed by atoms with van der Waals surface area (Å²) in [5, 5.41) is 4.05. The highest BCUT2D eigenvalue weighted by Gasteiger charge is 2.09. The molecule has 0 heterocycles. The van der Waals surface area contributed by atoms with Crippen LogP contribution >= 0.6 is 23.2 Å². The summed E-state index contributed by atoms with van der Waals surface area (Å²) >= 11 is 12.2. The standard InChI is InChI=1S/C21H23Cl2NO4/c1-14(25)15-8-9-19(20(13-15)27-2)28-12-4-7-21(26)24-11-10-16-17(22)5-3-6-18(16)23/h3,5-6,8-9,13H,4,7,10-12H2,1-2H3,(H,24,26). The van der Waals surface area contributed by atoms with E-state index in [0.717, 1.165) is 5.56 Å². The monoisotopic (exact) mass is 423 g/mol.